The molecule has 4 heteroatoms. The van der Waals surface area contributed by atoms with Crippen LogP contribution in [0.5, 0.6) is 0 Å². The summed E-state index contributed by atoms with van der Waals surface area (Å²) in [5.74, 6) is 0.480. The Labute approximate surface area is 121 Å². The van der Waals surface area contributed by atoms with Crippen LogP contribution in [0.3, 0.4) is 0 Å². The van der Waals surface area contributed by atoms with Crippen molar-refractivity contribution in [3.05, 3.63) is 50.9 Å². The van der Waals surface area contributed by atoms with Gasteiger partial charge in [0.15, 0.2) is 0 Å². The predicted molar refractivity (Wildman–Crippen MR) is 81.2 cm³/mol. The van der Waals surface area contributed by atoms with Gasteiger partial charge in [-0.1, -0.05) is 35.0 Å². The molecule has 96 valence electrons. The van der Waals surface area contributed by atoms with E-state index in [2.05, 4.69) is 57.4 Å². The van der Waals surface area contributed by atoms with Crippen LogP contribution in [0.15, 0.2) is 40.3 Å². The molecule has 2 rings (SSSR count). The quantitative estimate of drug-likeness (QED) is 0.873. The average Bonchev–Trinajstić information content (AvgIpc) is 2.87. The summed E-state index contributed by atoms with van der Waals surface area (Å²) in [5, 5.41) is 6.69. The second-order valence-electron chi connectivity index (χ2n) is 4.19. The van der Waals surface area contributed by atoms with Crippen LogP contribution < -0.4 is 5.32 Å². The molecule has 0 saturated heterocycles. The molecular weight excluding hydrogens is 308 g/mol. The number of thiazole rings is 1. The summed E-state index contributed by atoms with van der Waals surface area (Å²) in [6, 6.07) is 8.56. The van der Waals surface area contributed by atoms with Crippen molar-refractivity contribution < 1.29 is 0 Å². The number of hydrogen-bond donors (Lipinski definition) is 1. The van der Waals surface area contributed by atoms with E-state index in [1.165, 1.54) is 10.6 Å². The van der Waals surface area contributed by atoms with Gasteiger partial charge in [0.2, 0.25) is 0 Å². The highest BCUT2D eigenvalue weighted by atomic mass is 79.9. The van der Waals surface area contributed by atoms with Gasteiger partial charge in [0.1, 0.15) is 0 Å². The lowest BCUT2D eigenvalue weighted by Gasteiger charge is -2.17. The van der Waals surface area contributed by atoms with Crippen LogP contribution in [0.25, 0.3) is 0 Å². The molecular formula is C14H17BrN2S. The van der Waals surface area contributed by atoms with Gasteiger partial charge in [0.05, 0.1) is 5.01 Å². The lowest BCUT2D eigenvalue weighted by atomic mass is 9.96. The summed E-state index contributed by atoms with van der Waals surface area (Å²) in [5.41, 5.74) is 1.36. The molecule has 0 bridgehead atoms. The molecule has 0 aliphatic carbocycles. The van der Waals surface area contributed by atoms with E-state index in [4.69, 9.17) is 0 Å². The van der Waals surface area contributed by atoms with E-state index in [-0.39, 0.29) is 0 Å². The molecule has 1 aromatic heterocycles. The fourth-order valence-corrected chi connectivity index (χ4v) is 3.07. The van der Waals surface area contributed by atoms with Crippen molar-refractivity contribution >= 4 is 27.3 Å². The lowest BCUT2D eigenvalue weighted by Crippen LogP contribution is -2.22. The first-order valence-corrected chi connectivity index (χ1v) is 7.81. The minimum Gasteiger partial charge on any atom is -0.316 e. The Kier molecular flexibility index (Phi) is 5.35. The minimum atomic E-state index is 0.480. The fraction of sp³-hybridized carbons (Fsp3) is 0.357. The molecule has 0 spiro atoms. The van der Waals surface area contributed by atoms with Gasteiger partial charge in [-0.25, -0.2) is 4.98 Å². The van der Waals surface area contributed by atoms with E-state index in [1.807, 2.05) is 11.6 Å². The molecule has 0 fully saturated rings. The van der Waals surface area contributed by atoms with Crippen LogP contribution in [0.1, 0.15) is 23.4 Å². The molecule has 0 saturated carbocycles. The van der Waals surface area contributed by atoms with E-state index in [1.54, 1.807) is 11.3 Å². The Balaban J connectivity index is 2.13. The maximum absolute atomic E-state index is 4.39. The standard InChI is InChI=1S/C14H17BrN2S/c1-2-16-10-12(9-14-17-6-7-18-14)11-4-3-5-13(15)8-11/h3-8,12,16H,2,9-10H2,1H3. The van der Waals surface area contributed by atoms with E-state index >= 15 is 0 Å². The summed E-state index contributed by atoms with van der Waals surface area (Å²) < 4.78 is 1.14. The minimum absolute atomic E-state index is 0.480. The van der Waals surface area contributed by atoms with Crippen LogP contribution in [0, 0.1) is 0 Å². The second kappa shape index (κ2) is 7.02. The molecule has 1 aromatic carbocycles. The van der Waals surface area contributed by atoms with Crippen molar-refractivity contribution in [2.24, 2.45) is 0 Å². The number of nitrogens with one attached hydrogen (secondary N) is 1. The summed E-state index contributed by atoms with van der Waals surface area (Å²) in [6.45, 7) is 4.14. The molecule has 2 aromatic rings. The Morgan fingerprint density at radius 3 is 3.00 bits per heavy atom. The largest absolute Gasteiger partial charge is 0.316 e. The Hall–Kier alpha value is -0.710. The zero-order chi connectivity index (χ0) is 12.8. The van der Waals surface area contributed by atoms with Crippen molar-refractivity contribution in [2.75, 3.05) is 13.1 Å². The summed E-state index contributed by atoms with van der Waals surface area (Å²) in [6.07, 6.45) is 2.88. The molecule has 1 atom stereocenters. The maximum Gasteiger partial charge on any atom is 0.0931 e. The van der Waals surface area contributed by atoms with Gasteiger partial charge >= 0.3 is 0 Å². The van der Waals surface area contributed by atoms with Gasteiger partial charge in [-0.05, 0) is 24.2 Å². The van der Waals surface area contributed by atoms with Gasteiger partial charge < -0.3 is 5.32 Å². The van der Waals surface area contributed by atoms with Gasteiger partial charge in [-0.15, -0.1) is 11.3 Å². The molecule has 2 nitrogen and oxygen atoms in total. The molecule has 1 heterocycles. The van der Waals surface area contributed by atoms with E-state index < -0.39 is 0 Å². The van der Waals surface area contributed by atoms with Crippen LogP contribution >= 0.6 is 27.3 Å². The monoisotopic (exact) mass is 324 g/mol. The number of rotatable bonds is 6. The molecule has 0 amide bonds. The molecule has 0 aliphatic rings. The number of halogens is 1. The van der Waals surface area contributed by atoms with Crippen molar-refractivity contribution in [2.45, 2.75) is 19.3 Å². The van der Waals surface area contributed by atoms with Crippen molar-refractivity contribution in [3.63, 3.8) is 0 Å². The number of aromatic nitrogens is 1. The highest BCUT2D eigenvalue weighted by Crippen LogP contribution is 2.24. The first kappa shape index (κ1) is 13.7. The predicted octanol–water partition coefficient (Wildman–Crippen LogP) is 3.84. The zero-order valence-electron chi connectivity index (χ0n) is 10.4. The highest BCUT2D eigenvalue weighted by molar-refractivity contribution is 9.10. The van der Waals surface area contributed by atoms with E-state index in [0.717, 1.165) is 24.0 Å². The third-order valence-corrected chi connectivity index (χ3v) is 4.16. The number of hydrogen-bond acceptors (Lipinski definition) is 3. The maximum atomic E-state index is 4.39. The fourth-order valence-electron chi connectivity index (χ4n) is 1.95. The van der Waals surface area contributed by atoms with Crippen molar-refractivity contribution in [1.82, 2.24) is 10.3 Å². The Morgan fingerprint density at radius 2 is 2.33 bits per heavy atom. The number of likely N-dealkylation sites (N-methyl/N-ethyl adjacent to an activating group) is 1. The summed E-state index contributed by atoms with van der Waals surface area (Å²) in [7, 11) is 0. The summed E-state index contributed by atoms with van der Waals surface area (Å²) >= 11 is 5.28. The number of benzene rings is 1. The zero-order valence-corrected chi connectivity index (χ0v) is 12.8. The second-order valence-corrected chi connectivity index (χ2v) is 6.08. The van der Waals surface area contributed by atoms with Gasteiger partial charge in [0, 0.05) is 34.9 Å². The van der Waals surface area contributed by atoms with Crippen molar-refractivity contribution in [1.29, 1.82) is 0 Å². The SMILES string of the molecule is CCNCC(Cc1nccs1)c1cccc(Br)c1. The highest BCUT2D eigenvalue weighted by Gasteiger charge is 2.13. The van der Waals surface area contributed by atoms with Crippen LogP contribution in [0.2, 0.25) is 0 Å². The molecule has 1 unspecified atom stereocenters. The Morgan fingerprint density at radius 1 is 1.44 bits per heavy atom. The third kappa shape index (κ3) is 3.90. The van der Waals surface area contributed by atoms with Gasteiger partial charge in [0.25, 0.3) is 0 Å². The van der Waals surface area contributed by atoms with Gasteiger partial charge in [-0.3, -0.25) is 0 Å². The van der Waals surface area contributed by atoms with E-state index in [9.17, 15) is 0 Å². The van der Waals surface area contributed by atoms with Crippen molar-refractivity contribution in [3.8, 4) is 0 Å². The normalized spacial score (nSPS) is 12.6. The topological polar surface area (TPSA) is 24.9 Å². The number of nitrogens with zero attached hydrogens (tertiary/aromatic N) is 1. The molecule has 18 heavy (non-hydrogen) atoms. The molecule has 1 N–H and O–H groups in total. The summed E-state index contributed by atoms with van der Waals surface area (Å²) in [4.78, 5) is 4.39. The van der Waals surface area contributed by atoms with Crippen LogP contribution in [-0.4, -0.2) is 18.1 Å². The average molecular weight is 325 g/mol. The van der Waals surface area contributed by atoms with Gasteiger partial charge in [-0.2, -0.15) is 0 Å². The third-order valence-electron chi connectivity index (χ3n) is 2.87. The first-order chi connectivity index (χ1) is 8.79. The van der Waals surface area contributed by atoms with Crippen LogP contribution in [-0.2, 0) is 6.42 Å². The smallest absolute Gasteiger partial charge is 0.0931 e. The molecule has 0 aliphatic heterocycles. The molecule has 0 radical (unpaired) electrons. The lowest BCUT2D eigenvalue weighted by molar-refractivity contribution is 0.593. The first-order valence-electron chi connectivity index (χ1n) is 6.14. The van der Waals surface area contributed by atoms with E-state index in [0.29, 0.717) is 5.92 Å². The van der Waals surface area contributed by atoms with Crippen LogP contribution in [0.4, 0.5) is 0 Å². The Bertz CT molecular complexity index is 470.